The molecule has 0 bridgehead atoms. The molecule has 1 aromatic heterocycles. The molecular formula is C18H25N5O2. The van der Waals surface area contributed by atoms with Gasteiger partial charge in [-0.15, -0.1) is 0 Å². The van der Waals surface area contributed by atoms with E-state index in [0.29, 0.717) is 17.4 Å². The van der Waals surface area contributed by atoms with Crippen LogP contribution in [-0.4, -0.2) is 46.3 Å². The number of benzene rings is 1. The Morgan fingerprint density at radius 1 is 1.36 bits per heavy atom. The van der Waals surface area contributed by atoms with E-state index in [9.17, 15) is 10.1 Å². The van der Waals surface area contributed by atoms with Gasteiger partial charge in [-0.2, -0.15) is 5.10 Å². The number of rotatable bonds is 6. The lowest BCUT2D eigenvalue weighted by Gasteiger charge is -2.23. The predicted octanol–water partition coefficient (Wildman–Crippen LogP) is 2.60. The van der Waals surface area contributed by atoms with Crippen molar-refractivity contribution in [2.75, 3.05) is 31.6 Å². The summed E-state index contributed by atoms with van der Waals surface area (Å²) in [6.07, 6.45) is 1.11. The van der Waals surface area contributed by atoms with Crippen LogP contribution in [0.4, 0.5) is 11.5 Å². The van der Waals surface area contributed by atoms with Crippen LogP contribution in [0, 0.1) is 23.0 Å². The second kappa shape index (κ2) is 7.23. The Balaban J connectivity index is 1.63. The number of aryl methyl sites for hydroxylation is 2. The fourth-order valence-corrected chi connectivity index (χ4v) is 3.80. The molecule has 0 saturated carbocycles. The summed E-state index contributed by atoms with van der Waals surface area (Å²) < 4.78 is 1.62. The van der Waals surface area contributed by atoms with Gasteiger partial charge in [0.15, 0.2) is 0 Å². The number of nitrogens with zero attached hydrogens (tertiary/aromatic N) is 5. The van der Waals surface area contributed by atoms with Crippen molar-refractivity contribution in [2.45, 2.75) is 19.9 Å². The third-order valence-corrected chi connectivity index (χ3v) is 4.86. The number of hydrogen-bond donors (Lipinski definition) is 0. The molecular weight excluding hydrogens is 318 g/mol. The van der Waals surface area contributed by atoms with Crippen LogP contribution in [0.3, 0.4) is 0 Å². The maximum atomic E-state index is 11.4. The molecule has 1 saturated heterocycles. The van der Waals surface area contributed by atoms with Crippen molar-refractivity contribution >= 4 is 11.5 Å². The highest BCUT2D eigenvalue weighted by Crippen LogP contribution is 2.31. The summed E-state index contributed by atoms with van der Waals surface area (Å²) in [6, 6.07) is 10.5. The maximum Gasteiger partial charge on any atom is 0.333 e. The van der Waals surface area contributed by atoms with Gasteiger partial charge in [0.1, 0.15) is 5.69 Å². The lowest BCUT2D eigenvalue weighted by molar-refractivity contribution is -0.384. The zero-order valence-corrected chi connectivity index (χ0v) is 15.1. The predicted molar refractivity (Wildman–Crippen MR) is 97.7 cm³/mol. The van der Waals surface area contributed by atoms with E-state index in [2.05, 4.69) is 34.3 Å². The van der Waals surface area contributed by atoms with E-state index in [0.717, 1.165) is 32.6 Å². The van der Waals surface area contributed by atoms with Crippen molar-refractivity contribution in [2.24, 2.45) is 13.0 Å². The van der Waals surface area contributed by atoms with Gasteiger partial charge < -0.3 is 4.90 Å². The number of aromatic nitrogens is 2. The first-order chi connectivity index (χ1) is 12.0. The highest BCUT2D eigenvalue weighted by molar-refractivity contribution is 5.60. The molecule has 1 aliphatic heterocycles. The average Bonchev–Trinajstić information content (AvgIpc) is 3.11. The molecule has 0 N–H and O–H groups in total. The normalized spacial score (nSPS) is 17.8. The minimum atomic E-state index is -0.329. The second-order valence-corrected chi connectivity index (χ2v) is 6.89. The summed E-state index contributed by atoms with van der Waals surface area (Å²) >= 11 is 0. The third-order valence-electron chi connectivity index (χ3n) is 4.86. The van der Waals surface area contributed by atoms with Crippen molar-refractivity contribution in [3.63, 3.8) is 0 Å². The Hall–Kier alpha value is -2.41. The fraction of sp³-hybridized carbons (Fsp3) is 0.500. The first kappa shape index (κ1) is 17.4. The SMILES string of the molecule is Cc1nn(C)c(N(C)C[C@H]2CCN(Cc3ccccc3)C2)c1[N+](=O)[O-]. The molecule has 7 heteroatoms. The summed E-state index contributed by atoms with van der Waals surface area (Å²) in [4.78, 5) is 15.5. The Bertz CT molecular complexity index is 743. The van der Waals surface area contributed by atoms with Crippen LogP contribution < -0.4 is 4.90 Å². The molecule has 2 heterocycles. The summed E-state index contributed by atoms with van der Waals surface area (Å²) in [6.45, 7) is 5.54. The molecule has 0 aliphatic carbocycles. The Morgan fingerprint density at radius 3 is 2.76 bits per heavy atom. The van der Waals surface area contributed by atoms with Crippen molar-refractivity contribution in [1.82, 2.24) is 14.7 Å². The molecule has 0 spiro atoms. The molecule has 3 rings (SSSR count). The van der Waals surface area contributed by atoms with Crippen LogP contribution >= 0.6 is 0 Å². The summed E-state index contributed by atoms with van der Waals surface area (Å²) in [5, 5.41) is 15.6. The lowest BCUT2D eigenvalue weighted by atomic mass is 10.1. The molecule has 134 valence electrons. The standard InChI is InChI=1S/C18H25N5O2/c1-14-17(23(24)25)18(21(3)19-14)20(2)11-16-9-10-22(13-16)12-15-7-5-4-6-8-15/h4-8,16H,9-13H2,1-3H3/t16-/m1/s1. The van der Waals surface area contributed by atoms with Crippen molar-refractivity contribution < 1.29 is 4.92 Å². The molecule has 0 amide bonds. The van der Waals surface area contributed by atoms with Gasteiger partial charge in [-0.3, -0.25) is 15.0 Å². The van der Waals surface area contributed by atoms with Gasteiger partial charge in [0.25, 0.3) is 0 Å². The van der Waals surface area contributed by atoms with Crippen LogP contribution in [0.15, 0.2) is 30.3 Å². The van der Waals surface area contributed by atoms with Crippen LogP contribution in [0.1, 0.15) is 17.7 Å². The van der Waals surface area contributed by atoms with Crippen molar-refractivity contribution in [1.29, 1.82) is 0 Å². The Morgan fingerprint density at radius 2 is 2.08 bits per heavy atom. The molecule has 1 fully saturated rings. The lowest BCUT2D eigenvalue weighted by Crippen LogP contribution is -2.29. The van der Waals surface area contributed by atoms with Gasteiger partial charge in [0.05, 0.1) is 4.92 Å². The Labute approximate surface area is 148 Å². The molecule has 0 unspecified atom stereocenters. The summed E-state index contributed by atoms with van der Waals surface area (Å²) in [5.74, 6) is 1.09. The topological polar surface area (TPSA) is 67.4 Å². The third kappa shape index (κ3) is 3.82. The van der Waals surface area contributed by atoms with Crippen molar-refractivity contribution in [3.05, 3.63) is 51.7 Å². The molecule has 1 aromatic carbocycles. The van der Waals surface area contributed by atoms with E-state index >= 15 is 0 Å². The van der Waals surface area contributed by atoms with Gasteiger partial charge in [-0.1, -0.05) is 30.3 Å². The molecule has 2 aromatic rings. The molecule has 1 aliphatic rings. The van der Waals surface area contributed by atoms with Gasteiger partial charge in [-0.05, 0) is 31.4 Å². The quantitative estimate of drug-likeness (QED) is 0.596. The van der Waals surface area contributed by atoms with E-state index in [1.807, 2.05) is 18.0 Å². The van der Waals surface area contributed by atoms with E-state index in [-0.39, 0.29) is 10.6 Å². The van der Waals surface area contributed by atoms with Crippen molar-refractivity contribution in [3.8, 4) is 0 Å². The van der Waals surface area contributed by atoms with Crippen LogP contribution in [0.2, 0.25) is 0 Å². The van der Waals surface area contributed by atoms with E-state index < -0.39 is 0 Å². The maximum absolute atomic E-state index is 11.4. The molecule has 1 atom stereocenters. The minimum absolute atomic E-state index is 0.115. The average molecular weight is 343 g/mol. The largest absolute Gasteiger partial charge is 0.354 e. The fourth-order valence-electron chi connectivity index (χ4n) is 3.80. The van der Waals surface area contributed by atoms with Gasteiger partial charge in [0.2, 0.25) is 5.82 Å². The monoisotopic (exact) mass is 343 g/mol. The first-order valence-electron chi connectivity index (χ1n) is 8.61. The molecule has 0 radical (unpaired) electrons. The summed E-state index contributed by atoms with van der Waals surface area (Å²) in [5.41, 5.74) is 1.91. The van der Waals surface area contributed by atoms with E-state index in [1.165, 1.54) is 5.56 Å². The molecule has 7 nitrogen and oxygen atoms in total. The number of anilines is 1. The minimum Gasteiger partial charge on any atom is -0.354 e. The van der Waals surface area contributed by atoms with Crippen LogP contribution in [-0.2, 0) is 13.6 Å². The van der Waals surface area contributed by atoms with Crippen LogP contribution in [0.5, 0.6) is 0 Å². The van der Waals surface area contributed by atoms with Gasteiger partial charge in [-0.25, -0.2) is 4.68 Å². The van der Waals surface area contributed by atoms with E-state index in [1.54, 1.807) is 18.7 Å². The summed E-state index contributed by atoms with van der Waals surface area (Å²) in [7, 11) is 3.69. The van der Waals surface area contributed by atoms with Gasteiger partial charge in [0, 0.05) is 33.7 Å². The number of nitro groups is 1. The molecule has 25 heavy (non-hydrogen) atoms. The number of likely N-dealkylation sites (tertiary alicyclic amines) is 1. The highest BCUT2D eigenvalue weighted by atomic mass is 16.6. The van der Waals surface area contributed by atoms with Gasteiger partial charge >= 0.3 is 5.69 Å². The Kier molecular flexibility index (Phi) is 5.03. The second-order valence-electron chi connectivity index (χ2n) is 6.89. The van der Waals surface area contributed by atoms with E-state index in [4.69, 9.17) is 0 Å². The zero-order chi connectivity index (χ0) is 18.0. The smallest absolute Gasteiger partial charge is 0.333 e. The highest BCUT2D eigenvalue weighted by Gasteiger charge is 2.30. The number of hydrogen-bond acceptors (Lipinski definition) is 5. The van der Waals surface area contributed by atoms with Crippen LogP contribution in [0.25, 0.3) is 0 Å². The first-order valence-corrected chi connectivity index (χ1v) is 8.61. The zero-order valence-electron chi connectivity index (χ0n) is 15.1.